The summed E-state index contributed by atoms with van der Waals surface area (Å²) in [6.07, 6.45) is 60.9. The standard InChI is InChI=1S/C80H156O17P2/c1-7-9-11-13-15-17-19-21-23-24-29-32-38-44-50-56-62-77(82)90-68-75(96-80(85)65-59-53-47-40-34-30-26-25-27-31-36-42-48-54-60-72(3)4)70-94-98(86,87)92-66-74(81)67-93-99(88,89)95-71-76(69-91-78(83)63-57-51-45-41-35-37-43-49-55-61-73(5)6)97-79(84)64-58-52-46-39-33-28-22-20-18-16-14-12-10-8-2/h72-76,81H,7-71H2,1-6H3,(H,86,87)(H,88,89)/t74-,75-,76-/m1/s1. The quantitative estimate of drug-likeness (QED) is 0.0222. The number of carbonyl (C=O) groups is 4. The van der Waals surface area contributed by atoms with Crippen LogP contribution in [0.4, 0.5) is 0 Å². The van der Waals surface area contributed by atoms with Crippen LogP contribution in [0.2, 0.25) is 0 Å². The maximum Gasteiger partial charge on any atom is 0.472 e. The van der Waals surface area contributed by atoms with Gasteiger partial charge in [0.2, 0.25) is 0 Å². The molecule has 588 valence electrons. The van der Waals surface area contributed by atoms with E-state index in [4.69, 9.17) is 37.0 Å². The van der Waals surface area contributed by atoms with Crippen molar-refractivity contribution in [3.05, 3.63) is 0 Å². The molecule has 0 saturated heterocycles. The van der Waals surface area contributed by atoms with Crippen LogP contribution in [0, 0.1) is 11.8 Å². The minimum atomic E-state index is -4.96. The van der Waals surface area contributed by atoms with E-state index in [1.54, 1.807) is 0 Å². The Morgan fingerprint density at radius 3 is 0.687 bits per heavy atom. The third kappa shape index (κ3) is 74.1. The number of hydrogen-bond acceptors (Lipinski definition) is 15. The molecule has 0 aromatic rings. The first-order valence-electron chi connectivity index (χ1n) is 41.5. The minimum Gasteiger partial charge on any atom is -0.462 e. The molecule has 0 saturated carbocycles. The summed E-state index contributed by atoms with van der Waals surface area (Å²) < 4.78 is 68.7. The van der Waals surface area contributed by atoms with Crippen LogP contribution >= 0.6 is 15.6 Å². The van der Waals surface area contributed by atoms with Crippen molar-refractivity contribution >= 4 is 39.5 Å². The van der Waals surface area contributed by atoms with Gasteiger partial charge in [0.15, 0.2) is 12.2 Å². The summed E-state index contributed by atoms with van der Waals surface area (Å²) in [5.74, 6) is -0.568. The number of esters is 4. The molecule has 0 heterocycles. The molecule has 0 bridgehead atoms. The molecule has 0 aromatic heterocycles. The maximum atomic E-state index is 13.1. The van der Waals surface area contributed by atoms with Crippen LogP contribution in [0.1, 0.15) is 420 Å². The molecule has 17 nitrogen and oxygen atoms in total. The zero-order valence-electron chi connectivity index (χ0n) is 64.8. The molecule has 0 aliphatic heterocycles. The Morgan fingerprint density at radius 2 is 0.465 bits per heavy atom. The van der Waals surface area contributed by atoms with Gasteiger partial charge in [-0.05, 0) is 37.5 Å². The fourth-order valence-corrected chi connectivity index (χ4v) is 13.9. The summed E-state index contributed by atoms with van der Waals surface area (Å²) in [5, 5.41) is 10.6. The van der Waals surface area contributed by atoms with Crippen LogP contribution in [-0.2, 0) is 65.4 Å². The van der Waals surface area contributed by atoms with Gasteiger partial charge in [0.25, 0.3) is 0 Å². The van der Waals surface area contributed by atoms with Gasteiger partial charge in [-0.15, -0.1) is 0 Å². The predicted octanol–water partition coefficient (Wildman–Crippen LogP) is 23.9. The number of rotatable bonds is 79. The van der Waals surface area contributed by atoms with Crippen LogP contribution in [-0.4, -0.2) is 96.7 Å². The van der Waals surface area contributed by atoms with Gasteiger partial charge in [-0.2, -0.15) is 0 Å². The van der Waals surface area contributed by atoms with E-state index in [1.165, 1.54) is 238 Å². The smallest absolute Gasteiger partial charge is 0.462 e. The van der Waals surface area contributed by atoms with E-state index in [0.717, 1.165) is 102 Å². The molecular formula is C80H156O17P2. The molecule has 19 heteroatoms. The highest BCUT2D eigenvalue weighted by Gasteiger charge is 2.30. The fraction of sp³-hybridized carbons (Fsp3) is 0.950. The van der Waals surface area contributed by atoms with E-state index >= 15 is 0 Å². The second-order valence-electron chi connectivity index (χ2n) is 29.8. The van der Waals surface area contributed by atoms with Crippen molar-refractivity contribution in [2.24, 2.45) is 11.8 Å². The monoisotopic (exact) mass is 1450 g/mol. The lowest BCUT2D eigenvalue weighted by Crippen LogP contribution is -2.30. The van der Waals surface area contributed by atoms with E-state index in [1.807, 2.05) is 0 Å². The topological polar surface area (TPSA) is 237 Å². The number of ether oxygens (including phenoxy) is 4. The van der Waals surface area contributed by atoms with Gasteiger partial charge < -0.3 is 33.8 Å². The molecule has 0 radical (unpaired) electrons. The van der Waals surface area contributed by atoms with Crippen LogP contribution in [0.25, 0.3) is 0 Å². The third-order valence-electron chi connectivity index (χ3n) is 18.7. The lowest BCUT2D eigenvalue weighted by Gasteiger charge is -2.21. The summed E-state index contributed by atoms with van der Waals surface area (Å²) in [6.45, 7) is 9.64. The van der Waals surface area contributed by atoms with Gasteiger partial charge in [-0.25, -0.2) is 9.13 Å². The second-order valence-corrected chi connectivity index (χ2v) is 32.7. The first kappa shape index (κ1) is 97.1. The molecule has 0 fully saturated rings. The van der Waals surface area contributed by atoms with E-state index in [-0.39, 0.29) is 25.7 Å². The van der Waals surface area contributed by atoms with Gasteiger partial charge in [0.1, 0.15) is 19.3 Å². The Labute approximate surface area is 607 Å². The summed E-state index contributed by atoms with van der Waals surface area (Å²) in [4.78, 5) is 73.0. The van der Waals surface area contributed by atoms with Crippen molar-refractivity contribution in [2.45, 2.75) is 439 Å². The SMILES string of the molecule is CCCCCCCCCCCCCCCCCCC(=O)OC[C@H](COP(=O)(O)OC[C@@H](O)COP(=O)(O)OC[C@@H](COC(=O)CCCCCCCCCCCC(C)C)OC(=O)CCCCCCCCCCCCCCCC)OC(=O)CCCCCCCCCCCCCCCCC(C)C. The average molecular weight is 1450 g/mol. The molecule has 2 unspecified atom stereocenters. The largest absolute Gasteiger partial charge is 0.472 e. The Balaban J connectivity index is 5.26. The summed E-state index contributed by atoms with van der Waals surface area (Å²) >= 11 is 0. The van der Waals surface area contributed by atoms with Crippen molar-refractivity contribution in [3.8, 4) is 0 Å². The highest BCUT2D eigenvalue weighted by molar-refractivity contribution is 7.47. The molecule has 99 heavy (non-hydrogen) atoms. The van der Waals surface area contributed by atoms with Gasteiger partial charge in [-0.3, -0.25) is 37.3 Å². The van der Waals surface area contributed by atoms with Crippen molar-refractivity contribution < 1.29 is 80.2 Å². The number of phosphoric acid groups is 2. The van der Waals surface area contributed by atoms with Gasteiger partial charge in [-0.1, -0.05) is 369 Å². The number of hydrogen-bond donors (Lipinski definition) is 3. The van der Waals surface area contributed by atoms with Crippen LogP contribution in [0.5, 0.6) is 0 Å². The third-order valence-corrected chi connectivity index (χ3v) is 20.6. The minimum absolute atomic E-state index is 0.108. The molecule has 0 amide bonds. The lowest BCUT2D eigenvalue weighted by molar-refractivity contribution is -0.161. The van der Waals surface area contributed by atoms with Crippen molar-refractivity contribution in [1.29, 1.82) is 0 Å². The maximum absolute atomic E-state index is 13.1. The van der Waals surface area contributed by atoms with Crippen LogP contribution < -0.4 is 0 Å². The van der Waals surface area contributed by atoms with E-state index in [2.05, 4.69) is 41.5 Å². The molecule has 5 atom stereocenters. The fourth-order valence-electron chi connectivity index (χ4n) is 12.4. The number of aliphatic hydroxyl groups is 1. The normalized spacial score (nSPS) is 13.9. The van der Waals surface area contributed by atoms with E-state index in [0.29, 0.717) is 25.7 Å². The molecule has 0 rings (SSSR count). The number of phosphoric ester groups is 2. The van der Waals surface area contributed by atoms with Gasteiger partial charge >= 0.3 is 39.5 Å². The summed E-state index contributed by atoms with van der Waals surface area (Å²) in [5.41, 5.74) is 0. The summed E-state index contributed by atoms with van der Waals surface area (Å²) in [7, 11) is -9.92. The van der Waals surface area contributed by atoms with Crippen molar-refractivity contribution in [1.82, 2.24) is 0 Å². The predicted molar refractivity (Wildman–Crippen MR) is 405 cm³/mol. The number of carbonyl (C=O) groups excluding carboxylic acids is 4. The zero-order chi connectivity index (χ0) is 72.8. The first-order valence-corrected chi connectivity index (χ1v) is 44.5. The Bertz CT molecular complexity index is 1910. The molecule has 0 aromatic carbocycles. The van der Waals surface area contributed by atoms with Crippen LogP contribution in [0.3, 0.4) is 0 Å². The molecule has 3 N–H and O–H groups in total. The van der Waals surface area contributed by atoms with Crippen molar-refractivity contribution in [3.63, 3.8) is 0 Å². The average Bonchev–Trinajstić information content (AvgIpc) is 1.06. The van der Waals surface area contributed by atoms with E-state index < -0.39 is 97.5 Å². The summed E-state index contributed by atoms with van der Waals surface area (Å²) in [6, 6.07) is 0. The van der Waals surface area contributed by atoms with E-state index in [9.17, 15) is 43.2 Å². The van der Waals surface area contributed by atoms with Gasteiger partial charge in [0, 0.05) is 25.7 Å². The molecule has 0 spiro atoms. The Kier molecular flexibility index (Phi) is 70.3. The lowest BCUT2D eigenvalue weighted by atomic mass is 10.0. The number of aliphatic hydroxyl groups excluding tert-OH is 1. The highest BCUT2D eigenvalue weighted by Crippen LogP contribution is 2.45. The Hall–Kier alpha value is -1.94. The Morgan fingerprint density at radius 1 is 0.273 bits per heavy atom. The zero-order valence-corrected chi connectivity index (χ0v) is 66.6. The molecular weight excluding hydrogens is 1290 g/mol. The number of unbranched alkanes of at least 4 members (excludes halogenated alkanes) is 49. The van der Waals surface area contributed by atoms with Crippen molar-refractivity contribution in [2.75, 3.05) is 39.6 Å². The second kappa shape index (κ2) is 71.7. The molecule has 0 aliphatic carbocycles. The highest BCUT2D eigenvalue weighted by atomic mass is 31.2. The first-order chi connectivity index (χ1) is 47.9. The van der Waals surface area contributed by atoms with Crippen LogP contribution in [0.15, 0.2) is 0 Å². The van der Waals surface area contributed by atoms with Gasteiger partial charge in [0.05, 0.1) is 26.4 Å². The molecule has 0 aliphatic rings.